The zero-order chi connectivity index (χ0) is 20.1. The number of primary amides is 1. The Balaban J connectivity index is 0.00000280. The van der Waals surface area contributed by atoms with Gasteiger partial charge in [0.2, 0.25) is 11.8 Å². The average molecular weight is 416 g/mol. The molecule has 4 fully saturated rings. The summed E-state index contributed by atoms with van der Waals surface area (Å²) in [6, 6.07) is -0.955. The number of hydrogen-bond donors (Lipinski definition) is 3. The van der Waals surface area contributed by atoms with E-state index in [0.717, 1.165) is 6.42 Å². The number of carbonyl (C=O) groups is 2. The maximum absolute atomic E-state index is 12.4. The molecule has 4 rings (SSSR count). The van der Waals surface area contributed by atoms with E-state index >= 15 is 0 Å². The molecule has 0 aromatic heterocycles. The maximum Gasteiger partial charge on any atom is 0.481 e. The molecular formula is C19H35BClN3O4. The van der Waals surface area contributed by atoms with Gasteiger partial charge in [0.15, 0.2) is 0 Å². The molecule has 0 aromatic carbocycles. The largest absolute Gasteiger partial charge is 0.481 e. The van der Waals surface area contributed by atoms with Gasteiger partial charge in [-0.2, -0.15) is 0 Å². The van der Waals surface area contributed by atoms with Gasteiger partial charge in [0.05, 0.1) is 30.1 Å². The standard InChI is InChI=1S/C19H34BN3O4.ClH/c1-10(2)6-15(23-17(25)12(21)9-16(22)24)20-26-14-8-11-7-13(18(11,3)4)19(14,5)27-20;/h10-15H,6-9,21H2,1-5H3,(H2,22,24)(H,23,25);1H/t11-,12?,13-,14+,15-,19-;/m0./s1. The number of nitrogens with one attached hydrogen (secondary N) is 1. The van der Waals surface area contributed by atoms with E-state index in [1.54, 1.807) is 0 Å². The molecule has 4 aliphatic rings. The lowest BCUT2D eigenvalue weighted by molar-refractivity contribution is -0.199. The summed E-state index contributed by atoms with van der Waals surface area (Å²) in [4.78, 5) is 23.5. The second-order valence-electron chi connectivity index (χ2n) is 9.86. The van der Waals surface area contributed by atoms with Gasteiger partial charge in [0, 0.05) is 0 Å². The van der Waals surface area contributed by atoms with Crippen LogP contribution in [-0.2, 0) is 18.9 Å². The van der Waals surface area contributed by atoms with Gasteiger partial charge < -0.3 is 26.1 Å². The number of amides is 2. The third kappa shape index (κ3) is 4.06. The van der Waals surface area contributed by atoms with E-state index in [9.17, 15) is 9.59 Å². The molecule has 1 aliphatic heterocycles. The number of halogens is 1. The normalized spacial score (nSPS) is 34.7. The van der Waals surface area contributed by atoms with Crippen LogP contribution in [0.25, 0.3) is 0 Å². The molecule has 1 heterocycles. The van der Waals surface area contributed by atoms with Gasteiger partial charge >= 0.3 is 7.12 Å². The first kappa shape index (κ1) is 23.5. The van der Waals surface area contributed by atoms with Gasteiger partial charge in [0.25, 0.3) is 0 Å². The highest BCUT2D eigenvalue weighted by molar-refractivity contribution is 6.47. The van der Waals surface area contributed by atoms with Crippen molar-refractivity contribution < 1.29 is 18.9 Å². The summed E-state index contributed by atoms with van der Waals surface area (Å²) in [5.74, 6) is 0.189. The van der Waals surface area contributed by atoms with Crippen LogP contribution in [-0.4, -0.2) is 42.6 Å². The first-order valence-corrected chi connectivity index (χ1v) is 10.1. The van der Waals surface area contributed by atoms with Crippen LogP contribution in [0.5, 0.6) is 0 Å². The second kappa shape index (κ2) is 8.13. The molecule has 2 bridgehead atoms. The molecule has 28 heavy (non-hydrogen) atoms. The molecule has 1 saturated heterocycles. The topological polar surface area (TPSA) is 117 Å². The van der Waals surface area contributed by atoms with Crippen molar-refractivity contribution in [1.29, 1.82) is 0 Å². The number of carbonyl (C=O) groups excluding carboxylic acids is 2. The quantitative estimate of drug-likeness (QED) is 0.543. The molecule has 0 aromatic rings. The molecule has 3 aliphatic carbocycles. The van der Waals surface area contributed by atoms with Gasteiger partial charge in [-0.25, -0.2) is 0 Å². The van der Waals surface area contributed by atoms with Crippen molar-refractivity contribution in [3.05, 3.63) is 0 Å². The van der Waals surface area contributed by atoms with Crippen LogP contribution in [0.3, 0.4) is 0 Å². The summed E-state index contributed by atoms with van der Waals surface area (Å²) >= 11 is 0. The summed E-state index contributed by atoms with van der Waals surface area (Å²) < 4.78 is 12.8. The van der Waals surface area contributed by atoms with Gasteiger partial charge in [-0.05, 0) is 49.4 Å². The first-order valence-electron chi connectivity index (χ1n) is 10.1. The van der Waals surface area contributed by atoms with Crippen molar-refractivity contribution in [2.45, 2.75) is 84.0 Å². The second-order valence-corrected chi connectivity index (χ2v) is 9.86. The lowest BCUT2D eigenvalue weighted by Crippen LogP contribution is -2.65. The fraction of sp³-hybridized carbons (Fsp3) is 0.895. The fourth-order valence-corrected chi connectivity index (χ4v) is 5.42. The molecule has 1 unspecified atom stereocenters. The van der Waals surface area contributed by atoms with Crippen molar-refractivity contribution in [3.8, 4) is 0 Å². The predicted molar refractivity (Wildman–Crippen MR) is 111 cm³/mol. The zero-order valence-corrected chi connectivity index (χ0v) is 18.4. The highest BCUT2D eigenvalue weighted by atomic mass is 35.5. The third-order valence-electron chi connectivity index (χ3n) is 7.11. The van der Waals surface area contributed by atoms with Crippen LogP contribution in [0.15, 0.2) is 0 Å². The Hall–Kier alpha value is -0.825. The Morgan fingerprint density at radius 3 is 2.43 bits per heavy atom. The molecule has 0 spiro atoms. The van der Waals surface area contributed by atoms with E-state index in [1.807, 2.05) is 0 Å². The highest BCUT2D eigenvalue weighted by Crippen LogP contribution is 2.65. The van der Waals surface area contributed by atoms with Gasteiger partial charge in [-0.1, -0.05) is 27.7 Å². The van der Waals surface area contributed by atoms with Gasteiger partial charge in [0.1, 0.15) is 0 Å². The van der Waals surface area contributed by atoms with Crippen LogP contribution < -0.4 is 16.8 Å². The van der Waals surface area contributed by atoms with E-state index in [1.165, 1.54) is 6.42 Å². The van der Waals surface area contributed by atoms with E-state index in [2.05, 4.69) is 39.9 Å². The fourth-order valence-electron chi connectivity index (χ4n) is 5.42. The lowest BCUT2D eigenvalue weighted by atomic mass is 9.43. The molecule has 160 valence electrons. The Morgan fingerprint density at radius 2 is 1.89 bits per heavy atom. The summed E-state index contributed by atoms with van der Waals surface area (Å²) in [6.45, 7) is 11.0. The highest BCUT2D eigenvalue weighted by Gasteiger charge is 2.68. The van der Waals surface area contributed by atoms with Gasteiger partial charge in [-0.15, -0.1) is 12.4 Å². The Kier molecular flexibility index (Phi) is 6.81. The molecule has 3 saturated carbocycles. The lowest BCUT2D eigenvalue weighted by Gasteiger charge is -2.64. The van der Waals surface area contributed by atoms with E-state index in [-0.39, 0.29) is 41.9 Å². The van der Waals surface area contributed by atoms with Crippen LogP contribution in [0.1, 0.15) is 60.3 Å². The summed E-state index contributed by atoms with van der Waals surface area (Å²) in [6.07, 6.45) is 2.77. The van der Waals surface area contributed by atoms with E-state index in [4.69, 9.17) is 20.8 Å². The number of hydrogen-bond acceptors (Lipinski definition) is 5. The molecule has 9 heteroatoms. The van der Waals surface area contributed by atoms with Crippen LogP contribution in [0, 0.1) is 23.2 Å². The Labute approximate surface area is 174 Å². The van der Waals surface area contributed by atoms with Crippen LogP contribution >= 0.6 is 12.4 Å². The van der Waals surface area contributed by atoms with Crippen molar-refractivity contribution in [2.24, 2.45) is 34.6 Å². The molecule has 0 radical (unpaired) electrons. The van der Waals surface area contributed by atoms with E-state index < -0.39 is 25.0 Å². The minimum atomic E-state index is -0.955. The zero-order valence-electron chi connectivity index (χ0n) is 17.6. The SMILES string of the molecule is CC(C)C[C@H](NC(=O)C(N)CC(N)=O)B1O[C@@H]2C[C@@H]3C[C@@H](C3(C)C)[C@]2(C)O1.Cl. The first-order chi connectivity index (χ1) is 12.4. The van der Waals surface area contributed by atoms with E-state index in [0.29, 0.717) is 24.2 Å². The Bertz CT molecular complexity index is 620. The number of rotatable bonds is 7. The minimum absolute atomic E-state index is 0. The van der Waals surface area contributed by atoms with Crippen molar-refractivity contribution >= 4 is 31.3 Å². The molecule has 7 nitrogen and oxygen atoms in total. The average Bonchev–Trinajstić information content (AvgIpc) is 2.89. The third-order valence-corrected chi connectivity index (χ3v) is 7.11. The van der Waals surface area contributed by atoms with Crippen molar-refractivity contribution in [2.75, 3.05) is 0 Å². The Morgan fingerprint density at radius 1 is 1.25 bits per heavy atom. The summed E-state index contributed by atoms with van der Waals surface area (Å²) in [5, 5.41) is 2.95. The monoisotopic (exact) mass is 415 g/mol. The molecule has 2 amide bonds. The molecule has 5 N–H and O–H groups in total. The molecular weight excluding hydrogens is 380 g/mol. The summed E-state index contributed by atoms with van der Waals surface area (Å²) in [5.41, 5.74) is 10.9. The summed E-state index contributed by atoms with van der Waals surface area (Å²) in [7, 11) is -0.498. The van der Waals surface area contributed by atoms with Gasteiger partial charge in [-0.3, -0.25) is 9.59 Å². The van der Waals surface area contributed by atoms with Crippen LogP contribution in [0.2, 0.25) is 0 Å². The van der Waals surface area contributed by atoms with Crippen molar-refractivity contribution in [1.82, 2.24) is 5.32 Å². The predicted octanol–water partition coefficient (Wildman–Crippen LogP) is 1.41. The maximum atomic E-state index is 12.4. The minimum Gasteiger partial charge on any atom is -0.404 e. The smallest absolute Gasteiger partial charge is 0.404 e. The molecule has 6 atom stereocenters. The van der Waals surface area contributed by atoms with Crippen molar-refractivity contribution in [3.63, 3.8) is 0 Å². The number of nitrogens with two attached hydrogens (primary N) is 2. The van der Waals surface area contributed by atoms with Crippen LogP contribution in [0.4, 0.5) is 0 Å².